The zero-order valence-electron chi connectivity index (χ0n) is 15.1. The first-order chi connectivity index (χ1) is 11.4. The van der Waals surface area contributed by atoms with Gasteiger partial charge >= 0.3 is 0 Å². The number of hydrogen-bond acceptors (Lipinski definition) is 4. The Morgan fingerprint density at radius 1 is 0.708 bits per heavy atom. The van der Waals surface area contributed by atoms with Crippen molar-refractivity contribution < 1.29 is 19.1 Å². The maximum Gasteiger partial charge on any atom is 0.246 e. The van der Waals surface area contributed by atoms with Crippen molar-refractivity contribution in [3.05, 3.63) is 24.3 Å². The molecule has 6 nitrogen and oxygen atoms in total. The van der Waals surface area contributed by atoms with E-state index in [9.17, 15) is 9.59 Å². The minimum absolute atomic E-state index is 0.105. The molecule has 0 unspecified atom stereocenters. The van der Waals surface area contributed by atoms with Gasteiger partial charge in [0.25, 0.3) is 0 Å². The number of unbranched alkanes of at least 4 members (excludes halogenated alkanes) is 1. The van der Waals surface area contributed by atoms with Crippen molar-refractivity contribution in [1.82, 2.24) is 10.6 Å². The van der Waals surface area contributed by atoms with Gasteiger partial charge in [-0.25, -0.2) is 0 Å². The summed E-state index contributed by atoms with van der Waals surface area (Å²) in [4.78, 5) is 22.4. The zero-order chi connectivity index (χ0) is 18.2. The molecule has 0 aliphatic carbocycles. The van der Waals surface area contributed by atoms with Crippen molar-refractivity contribution in [3.8, 4) is 0 Å². The maximum absolute atomic E-state index is 11.2. The molecule has 2 N–H and O–H groups in total. The van der Waals surface area contributed by atoms with E-state index in [1.165, 1.54) is 0 Å². The molecule has 0 fully saturated rings. The Morgan fingerprint density at radius 3 is 1.38 bits per heavy atom. The maximum atomic E-state index is 11.2. The van der Waals surface area contributed by atoms with E-state index in [-0.39, 0.29) is 11.8 Å². The van der Waals surface area contributed by atoms with Crippen LogP contribution in [0.3, 0.4) is 0 Å². The fourth-order valence-corrected chi connectivity index (χ4v) is 1.67. The van der Waals surface area contributed by atoms with Crippen molar-refractivity contribution in [1.29, 1.82) is 0 Å². The summed E-state index contributed by atoms with van der Waals surface area (Å²) in [7, 11) is 0. The number of carbonyl (C=O) groups is 2. The Labute approximate surface area is 145 Å². The minimum atomic E-state index is -0.105. The predicted molar refractivity (Wildman–Crippen MR) is 95.8 cm³/mol. The molecule has 6 heteroatoms. The number of ether oxygens (including phenoxy) is 2. The number of hydrogen-bond donors (Lipinski definition) is 2. The van der Waals surface area contributed by atoms with Crippen LogP contribution in [0.2, 0.25) is 0 Å². The Morgan fingerprint density at radius 2 is 1.04 bits per heavy atom. The molecular weight excluding hydrogens is 308 g/mol. The standard InChI is InChI=1S/C18H32N2O4/c1-15(2)17(21)19-9-7-13-23-11-5-6-12-24-14-8-10-20-18(22)16(3)4/h1,3,5-14H2,2,4H3,(H,19,21)(H,20,22). The Balaban J connectivity index is 3.18. The van der Waals surface area contributed by atoms with Crippen molar-refractivity contribution in [2.75, 3.05) is 39.5 Å². The van der Waals surface area contributed by atoms with Crippen LogP contribution in [-0.2, 0) is 19.1 Å². The van der Waals surface area contributed by atoms with Crippen LogP contribution < -0.4 is 10.6 Å². The lowest BCUT2D eigenvalue weighted by Crippen LogP contribution is -2.25. The van der Waals surface area contributed by atoms with Gasteiger partial charge in [0.05, 0.1) is 0 Å². The summed E-state index contributed by atoms with van der Waals surface area (Å²) in [6, 6.07) is 0. The zero-order valence-corrected chi connectivity index (χ0v) is 15.1. The number of amides is 2. The second-order valence-electron chi connectivity index (χ2n) is 5.71. The van der Waals surface area contributed by atoms with E-state index in [1.807, 2.05) is 0 Å². The van der Waals surface area contributed by atoms with E-state index in [0.717, 1.165) is 25.7 Å². The molecule has 138 valence electrons. The van der Waals surface area contributed by atoms with Crippen LogP contribution >= 0.6 is 0 Å². The summed E-state index contributed by atoms with van der Waals surface area (Å²) >= 11 is 0. The van der Waals surface area contributed by atoms with E-state index in [4.69, 9.17) is 9.47 Å². The van der Waals surface area contributed by atoms with E-state index in [1.54, 1.807) is 13.8 Å². The normalized spacial score (nSPS) is 10.2. The van der Waals surface area contributed by atoms with Gasteiger partial charge in [-0.1, -0.05) is 13.2 Å². The summed E-state index contributed by atoms with van der Waals surface area (Å²) in [6.45, 7) is 14.4. The highest BCUT2D eigenvalue weighted by molar-refractivity contribution is 5.92. The Bertz CT molecular complexity index is 370. The molecule has 0 radical (unpaired) electrons. The Kier molecular flexibility index (Phi) is 13.9. The molecule has 0 aromatic carbocycles. The van der Waals surface area contributed by atoms with Crippen LogP contribution in [0, 0.1) is 0 Å². The third kappa shape index (κ3) is 14.0. The number of rotatable bonds is 15. The lowest BCUT2D eigenvalue weighted by molar-refractivity contribution is -0.118. The third-order valence-corrected chi connectivity index (χ3v) is 3.10. The molecule has 0 aromatic rings. The van der Waals surface area contributed by atoms with E-state index in [0.29, 0.717) is 50.7 Å². The van der Waals surface area contributed by atoms with Gasteiger partial charge in [0, 0.05) is 50.7 Å². The highest BCUT2D eigenvalue weighted by Crippen LogP contribution is 1.94. The summed E-state index contributed by atoms with van der Waals surface area (Å²) in [5, 5.41) is 5.52. The van der Waals surface area contributed by atoms with E-state index >= 15 is 0 Å². The van der Waals surface area contributed by atoms with Crippen LogP contribution in [0.15, 0.2) is 24.3 Å². The first-order valence-corrected chi connectivity index (χ1v) is 8.48. The largest absolute Gasteiger partial charge is 0.381 e. The summed E-state index contributed by atoms with van der Waals surface area (Å²) in [5.74, 6) is -0.210. The molecule has 0 atom stereocenters. The second-order valence-corrected chi connectivity index (χ2v) is 5.71. The molecule has 0 saturated heterocycles. The second kappa shape index (κ2) is 14.9. The van der Waals surface area contributed by atoms with Crippen LogP contribution in [0.25, 0.3) is 0 Å². The van der Waals surface area contributed by atoms with E-state index < -0.39 is 0 Å². The van der Waals surface area contributed by atoms with Crippen LogP contribution in [-0.4, -0.2) is 51.3 Å². The molecule has 0 aliphatic heterocycles. The molecule has 0 rings (SSSR count). The van der Waals surface area contributed by atoms with Gasteiger partial charge < -0.3 is 20.1 Å². The molecule has 24 heavy (non-hydrogen) atoms. The number of carbonyl (C=O) groups excluding carboxylic acids is 2. The average Bonchev–Trinajstić information content (AvgIpc) is 2.54. The summed E-state index contributed by atoms with van der Waals surface area (Å²) in [6.07, 6.45) is 3.49. The SMILES string of the molecule is C=C(C)C(=O)NCCCOCCCCOCCCNC(=O)C(=C)C. The van der Waals surface area contributed by atoms with Gasteiger partial charge in [0.15, 0.2) is 0 Å². The van der Waals surface area contributed by atoms with Gasteiger partial charge in [-0.05, 0) is 39.5 Å². The van der Waals surface area contributed by atoms with E-state index in [2.05, 4.69) is 23.8 Å². The molecule has 0 aliphatic rings. The van der Waals surface area contributed by atoms with Gasteiger partial charge in [0.1, 0.15) is 0 Å². The molecular formula is C18H32N2O4. The van der Waals surface area contributed by atoms with Crippen molar-refractivity contribution in [3.63, 3.8) is 0 Å². The third-order valence-electron chi connectivity index (χ3n) is 3.10. The van der Waals surface area contributed by atoms with Gasteiger partial charge in [-0.3, -0.25) is 9.59 Å². The topological polar surface area (TPSA) is 76.7 Å². The monoisotopic (exact) mass is 340 g/mol. The van der Waals surface area contributed by atoms with Gasteiger partial charge in [0.2, 0.25) is 11.8 Å². The summed E-state index contributed by atoms with van der Waals surface area (Å²) in [5.41, 5.74) is 1.04. The first kappa shape index (κ1) is 22.3. The highest BCUT2D eigenvalue weighted by atomic mass is 16.5. The first-order valence-electron chi connectivity index (χ1n) is 8.48. The lowest BCUT2D eigenvalue weighted by Gasteiger charge is -2.07. The fraction of sp³-hybridized carbons (Fsp3) is 0.667. The number of nitrogens with one attached hydrogen (secondary N) is 2. The quantitative estimate of drug-likeness (QED) is 0.353. The van der Waals surface area contributed by atoms with Crippen molar-refractivity contribution >= 4 is 11.8 Å². The van der Waals surface area contributed by atoms with Crippen LogP contribution in [0.1, 0.15) is 39.5 Å². The molecule has 2 amide bonds. The lowest BCUT2D eigenvalue weighted by atomic mass is 10.3. The molecule has 0 bridgehead atoms. The van der Waals surface area contributed by atoms with Gasteiger partial charge in [-0.2, -0.15) is 0 Å². The fourth-order valence-electron chi connectivity index (χ4n) is 1.67. The minimum Gasteiger partial charge on any atom is -0.381 e. The van der Waals surface area contributed by atoms with Crippen LogP contribution in [0.5, 0.6) is 0 Å². The molecule has 0 heterocycles. The van der Waals surface area contributed by atoms with Crippen molar-refractivity contribution in [2.45, 2.75) is 39.5 Å². The average molecular weight is 340 g/mol. The summed E-state index contributed by atoms with van der Waals surface area (Å²) < 4.78 is 11.0. The van der Waals surface area contributed by atoms with Crippen LogP contribution in [0.4, 0.5) is 0 Å². The van der Waals surface area contributed by atoms with Gasteiger partial charge in [-0.15, -0.1) is 0 Å². The molecule has 0 spiro atoms. The van der Waals surface area contributed by atoms with Crippen molar-refractivity contribution in [2.24, 2.45) is 0 Å². The molecule has 0 saturated carbocycles. The Hall–Kier alpha value is -1.66. The molecule has 0 aromatic heterocycles. The predicted octanol–water partition coefficient (Wildman–Crippen LogP) is 1.96. The smallest absolute Gasteiger partial charge is 0.246 e. The highest BCUT2D eigenvalue weighted by Gasteiger charge is 2.00.